The Hall–Kier alpha value is -1.03. The summed E-state index contributed by atoms with van der Waals surface area (Å²) in [4.78, 5) is 0. The third kappa shape index (κ3) is 0.991. The van der Waals surface area contributed by atoms with Crippen LogP contribution in [0.15, 0.2) is 23.5 Å². The summed E-state index contributed by atoms with van der Waals surface area (Å²) in [6, 6.07) is 3.96. The summed E-state index contributed by atoms with van der Waals surface area (Å²) in [7, 11) is 0. The molecule has 3 nitrogen and oxygen atoms in total. The summed E-state index contributed by atoms with van der Waals surface area (Å²) in [5.41, 5.74) is 2.02. The van der Waals surface area contributed by atoms with Gasteiger partial charge in [0.25, 0.3) is 0 Å². The average Bonchev–Trinajstić information content (AvgIpc) is 2.32. The zero-order chi connectivity index (χ0) is 7.84. The number of thiol groups is 1. The molecule has 0 fully saturated rings. The molecule has 2 aromatic rings. The van der Waals surface area contributed by atoms with E-state index in [4.69, 9.17) is 0 Å². The van der Waals surface area contributed by atoms with E-state index in [-0.39, 0.29) is 0 Å². The highest BCUT2D eigenvalue weighted by atomic mass is 32.1. The van der Waals surface area contributed by atoms with Crippen LogP contribution < -0.4 is 0 Å². The fraction of sp³-hybridized carbons (Fsp3) is 0.143. The molecule has 11 heavy (non-hydrogen) atoms. The molecule has 0 aliphatic rings. The Bertz CT molecular complexity index is 393. The Morgan fingerprint density at radius 2 is 2.27 bits per heavy atom. The molecule has 0 aromatic carbocycles. The van der Waals surface area contributed by atoms with Crippen molar-refractivity contribution in [1.29, 1.82) is 0 Å². The maximum atomic E-state index is 4.13. The number of aromatic nitrogens is 3. The van der Waals surface area contributed by atoms with Crippen LogP contribution in [0.25, 0.3) is 5.65 Å². The van der Waals surface area contributed by atoms with Crippen molar-refractivity contribution < 1.29 is 0 Å². The monoisotopic (exact) mass is 165 g/mol. The van der Waals surface area contributed by atoms with E-state index in [1.165, 1.54) is 5.56 Å². The Morgan fingerprint density at radius 3 is 3.09 bits per heavy atom. The lowest BCUT2D eigenvalue weighted by atomic mass is 10.3. The van der Waals surface area contributed by atoms with Crippen LogP contribution in [0.1, 0.15) is 5.56 Å². The second-order valence-electron chi connectivity index (χ2n) is 2.43. The lowest BCUT2D eigenvalue weighted by Crippen LogP contribution is -1.84. The summed E-state index contributed by atoms with van der Waals surface area (Å²) in [6.07, 6.45) is 1.91. The summed E-state index contributed by atoms with van der Waals surface area (Å²) in [5, 5.41) is 8.35. The van der Waals surface area contributed by atoms with E-state index in [2.05, 4.69) is 22.8 Å². The summed E-state index contributed by atoms with van der Waals surface area (Å²) < 4.78 is 1.83. The molecule has 2 aromatic heterocycles. The van der Waals surface area contributed by atoms with E-state index in [0.29, 0.717) is 5.16 Å². The zero-order valence-electron chi connectivity index (χ0n) is 6.02. The Labute approximate surface area is 69.5 Å². The Morgan fingerprint density at radius 1 is 1.45 bits per heavy atom. The molecule has 0 saturated carbocycles. The highest BCUT2D eigenvalue weighted by Crippen LogP contribution is 2.08. The van der Waals surface area contributed by atoms with Gasteiger partial charge >= 0.3 is 0 Å². The molecule has 0 aliphatic heterocycles. The van der Waals surface area contributed by atoms with Gasteiger partial charge in [-0.1, -0.05) is 0 Å². The Balaban J connectivity index is 2.86. The van der Waals surface area contributed by atoms with Gasteiger partial charge in [-0.15, -0.1) is 22.8 Å². The third-order valence-electron chi connectivity index (χ3n) is 1.55. The second kappa shape index (κ2) is 2.23. The lowest BCUT2D eigenvalue weighted by Gasteiger charge is -1.93. The highest BCUT2D eigenvalue weighted by Gasteiger charge is 1.98. The molecule has 0 spiro atoms. The van der Waals surface area contributed by atoms with Gasteiger partial charge in [-0.3, -0.25) is 4.40 Å². The van der Waals surface area contributed by atoms with Gasteiger partial charge in [0.05, 0.1) is 0 Å². The molecule has 0 amide bonds. The zero-order valence-corrected chi connectivity index (χ0v) is 6.92. The minimum atomic E-state index is 0.625. The molecule has 0 bridgehead atoms. The van der Waals surface area contributed by atoms with Crippen molar-refractivity contribution in [3.63, 3.8) is 0 Å². The van der Waals surface area contributed by atoms with Crippen molar-refractivity contribution in [2.45, 2.75) is 12.1 Å². The second-order valence-corrected chi connectivity index (χ2v) is 2.83. The lowest BCUT2D eigenvalue weighted by molar-refractivity contribution is 0.927. The number of pyridine rings is 1. The first-order chi connectivity index (χ1) is 5.27. The van der Waals surface area contributed by atoms with Crippen molar-refractivity contribution in [2.24, 2.45) is 0 Å². The van der Waals surface area contributed by atoms with Crippen molar-refractivity contribution in [2.75, 3.05) is 0 Å². The summed E-state index contributed by atoms with van der Waals surface area (Å²) in [6.45, 7) is 2.02. The predicted octanol–water partition coefficient (Wildman–Crippen LogP) is 1.33. The number of hydrogen-bond acceptors (Lipinski definition) is 3. The number of hydrogen-bond donors (Lipinski definition) is 1. The maximum absolute atomic E-state index is 4.13. The van der Waals surface area contributed by atoms with E-state index < -0.39 is 0 Å². The predicted molar refractivity (Wildman–Crippen MR) is 45.0 cm³/mol. The summed E-state index contributed by atoms with van der Waals surface area (Å²) in [5.74, 6) is 0. The molecule has 2 rings (SSSR count). The number of rotatable bonds is 0. The van der Waals surface area contributed by atoms with Crippen molar-refractivity contribution in [3.05, 3.63) is 23.9 Å². The van der Waals surface area contributed by atoms with Gasteiger partial charge in [0, 0.05) is 6.20 Å². The van der Waals surface area contributed by atoms with Crippen LogP contribution >= 0.6 is 12.6 Å². The van der Waals surface area contributed by atoms with Crippen LogP contribution in [0.2, 0.25) is 0 Å². The smallest absolute Gasteiger partial charge is 0.192 e. The SMILES string of the molecule is Cc1ccn2c(S)nnc2c1. The first-order valence-corrected chi connectivity index (χ1v) is 3.72. The molecule has 4 heteroatoms. The third-order valence-corrected chi connectivity index (χ3v) is 1.85. The molecular weight excluding hydrogens is 158 g/mol. The fourth-order valence-corrected chi connectivity index (χ4v) is 1.19. The number of fused-ring (bicyclic) bond motifs is 1. The van der Waals surface area contributed by atoms with Crippen molar-refractivity contribution in [3.8, 4) is 0 Å². The molecule has 56 valence electrons. The molecule has 0 unspecified atom stereocenters. The van der Waals surface area contributed by atoms with Gasteiger partial charge in [0.2, 0.25) is 0 Å². The molecular formula is C7H7N3S. The van der Waals surface area contributed by atoms with Crippen LogP contribution in [-0.2, 0) is 0 Å². The van der Waals surface area contributed by atoms with E-state index in [1.807, 2.05) is 29.7 Å². The molecule has 2 heterocycles. The van der Waals surface area contributed by atoms with Crippen LogP contribution in [0.3, 0.4) is 0 Å². The van der Waals surface area contributed by atoms with Gasteiger partial charge < -0.3 is 0 Å². The van der Waals surface area contributed by atoms with E-state index in [0.717, 1.165) is 5.65 Å². The largest absolute Gasteiger partial charge is 0.278 e. The standard InChI is InChI=1S/C7H7N3S/c1-5-2-3-10-6(4-5)8-9-7(10)11/h2-4H,1H3,(H,9,11). The van der Waals surface area contributed by atoms with E-state index >= 15 is 0 Å². The number of nitrogens with zero attached hydrogens (tertiary/aromatic N) is 3. The Kier molecular flexibility index (Phi) is 1.35. The normalized spacial score (nSPS) is 10.7. The minimum Gasteiger partial charge on any atom is -0.278 e. The maximum Gasteiger partial charge on any atom is 0.192 e. The van der Waals surface area contributed by atoms with Gasteiger partial charge in [0.15, 0.2) is 10.8 Å². The van der Waals surface area contributed by atoms with Gasteiger partial charge in [0.1, 0.15) is 0 Å². The van der Waals surface area contributed by atoms with E-state index in [1.54, 1.807) is 0 Å². The average molecular weight is 165 g/mol. The van der Waals surface area contributed by atoms with E-state index in [9.17, 15) is 0 Å². The minimum absolute atomic E-state index is 0.625. The van der Waals surface area contributed by atoms with Gasteiger partial charge in [-0.2, -0.15) is 0 Å². The van der Waals surface area contributed by atoms with Gasteiger partial charge in [-0.05, 0) is 24.6 Å². The summed E-state index contributed by atoms with van der Waals surface area (Å²) >= 11 is 4.13. The van der Waals surface area contributed by atoms with Crippen molar-refractivity contribution >= 4 is 18.3 Å². The molecule has 0 N–H and O–H groups in total. The molecule has 0 aliphatic carbocycles. The molecule has 0 saturated heterocycles. The van der Waals surface area contributed by atoms with Crippen LogP contribution in [-0.4, -0.2) is 14.6 Å². The van der Waals surface area contributed by atoms with Gasteiger partial charge in [-0.25, -0.2) is 0 Å². The van der Waals surface area contributed by atoms with Crippen LogP contribution in [0, 0.1) is 6.92 Å². The molecule has 0 atom stereocenters. The first-order valence-electron chi connectivity index (χ1n) is 3.28. The molecule has 0 radical (unpaired) electrons. The first kappa shape index (κ1) is 6.67. The number of aryl methyl sites for hydroxylation is 1. The van der Waals surface area contributed by atoms with Crippen LogP contribution in [0.5, 0.6) is 0 Å². The fourth-order valence-electron chi connectivity index (χ4n) is 0.980. The highest BCUT2D eigenvalue weighted by molar-refractivity contribution is 7.80. The topological polar surface area (TPSA) is 30.2 Å². The van der Waals surface area contributed by atoms with Crippen LogP contribution in [0.4, 0.5) is 0 Å². The quantitative estimate of drug-likeness (QED) is 0.597. The van der Waals surface area contributed by atoms with Crippen molar-refractivity contribution in [1.82, 2.24) is 14.6 Å².